The molecule has 0 saturated carbocycles. The van der Waals surface area contributed by atoms with Gasteiger partial charge in [-0.3, -0.25) is 4.79 Å². The van der Waals surface area contributed by atoms with Crippen molar-refractivity contribution in [2.24, 2.45) is 7.05 Å². The van der Waals surface area contributed by atoms with Crippen molar-refractivity contribution in [2.45, 2.75) is 0 Å². The number of rotatable bonds is 3. The molecule has 2 aromatic heterocycles. The quantitative estimate of drug-likeness (QED) is 0.772. The number of hydrogen-bond donors (Lipinski definition) is 2. The normalized spacial score (nSPS) is 10.6. The molecule has 6 nitrogen and oxygen atoms in total. The fraction of sp³-hybridized carbons (Fsp3) is 0.118. The van der Waals surface area contributed by atoms with Crippen molar-refractivity contribution >= 4 is 5.82 Å². The summed E-state index contributed by atoms with van der Waals surface area (Å²) in [4.78, 5) is 11.7. The first-order valence-corrected chi connectivity index (χ1v) is 7.21. The summed E-state index contributed by atoms with van der Waals surface area (Å²) in [5.41, 5.74) is 0.864. The molecule has 0 fully saturated rings. The van der Waals surface area contributed by atoms with Crippen molar-refractivity contribution < 1.29 is 9.50 Å². The molecular weight excluding hydrogens is 311 g/mol. The lowest BCUT2D eigenvalue weighted by Gasteiger charge is -2.09. The summed E-state index contributed by atoms with van der Waals surface area (Å²) >= 11 is 0. The first-order chi connectivity index (χ1) is 11.5. The summed E-state index contributed by atoms with van der Waals surface area (Å²) < 4.78 is 15.9. The second-order valence-electron chi connectivity index (χ2n) is 5.27. The number of pyridine rings is 1. The minimum atomic E-state index is -0.560. The molecule has 1 aromatic carbocycles. The highest BCUT2D eigenvalue weighted by molar-refractivity contribution is 5.74. The summed E-state index contributed by atoms with van der Waals surface area (Å²) in [7, 11) is 3.32. The number of nitrogens with one attached hydrogen (secondary N) is 1. The van der Waals surface area contributed by atoms with Gasteiger partial charge in [-0.05, 0) is 35.9 Å². The summed E-state index contributed by atoms with van der Waals surface area (Å²) in [5, 5.41) is 20.9. The molecule has 2 N–H and O–H groups in total. The maximum atomic E-state index is 14.5. The van der Waals surface area contributed by atoms with Crippen LogP contribution < -0.4 is 10.9 Å². The summed E-state index contributed by atoms with van der Waals surface area (Å²) in [6.45, 7) is 0. The zero-order chi connectivity index (χ0) is 17.3. The van der Waals surface area contributed by atoms with E-state index in [4.69, 9.17) is 0 Å². The Bertz CT molecular complexity index is 952. The van der Waals surface area contributed by atoms with Gasteiger partial charge in [0.15, 0.2) is 0 Å². The molecule has 24 heavy (non-hydrogen) atoms. The first-order valence-electron chi connectivity index (χ1n) is 7.21. The van der Waals surface area contributed by atoms with Crippen LogP contribution in [0.15, 0.2) is 47.4 Å². The van der Waals surface area contributed by atoms with Gasteiger partial charge in [0.2, 0.25) is 0 Å². The van der Waals surface area contributed by atoms with Crippen molar-refractivity contribution in [3.05, 3.63) is 58.8 Å². The molecule has 0 aliphatic heterocycles. The fourth-order valence-electron chi connectivity index (χ4n) is 2.31. The van der Waals surface area contributed by atoms with Crippen LogP contribution in [-0.4, -0.2) is 26.9 Å². The molecule has 0 spiro atoms. The first kappa shape index (κ1) is 15.7. The van der Waals surface area contributed by atoms with E-state index in [1.807, 2.05) is 0 Å². The third-order valence-corrected chi connectivity index (χ3v) is 3.70. The molecule has 0 atom stereocenters. The monoisotopic (exact) mass is 326 g/mol. The second kappa shape index (κ2) is 6.11. The number of halogens is 1. The van der Waals surface area contributed by atoms with Crippen molar-refractivity contribution in [1.29, 1.82) is 0 Å². The van der Waals surface area contributed by atoms with Crippen LogP contribution in [0.2, 0.25) is 0 Å². The molecule has 0 saturated heterocycles. The van der Waals surface area contributed by atoms with Gasteiger partial charge in [0.05, 0.1) is 5.69 Å². The molecule has 0 aliphatic rings. The number of hydrogen-bond acceptors (Lipinski definition) is 5. The zero-order valence-corrected chi connectivity index (χ0v) is 13.1. The number of aromatic nitrogens is 3. The Kier molecular flexibility index (Phi) is 3.99. The van der Waals surface area contributed by atoms with E-state index in [-0.39, 0.29) is 22.4 Å². The van der Waals surface area contributed by atoms with Crippen LogP contribution in [-0.2, 0) is 7.05 Å². The predicted octanol–water partition coefficient (Wildman–Crippen LogP) is 2.40. The van der Waals surface area contributed by atoms with Crippen molar-refractivity contribution in [3.8, 4) is 28.1 Å². The predicted molar refractivity (Wildman–Crippen MR) is 89.3 cm³/mol. The van der Waals surface area contributed by atoms with Gasteiger partial charge >= 0.3 is 0 Å². The van der Waals surface area contributed by atoms with Gasteiger partial charge in [-0.15, -0.1) is 10.2 Å². The Morgan fingerprint density at radius 1 is 1.12 bits per heavy atom. The van der Waals surface area contributed by atoms with Crippen LogP contribution in [0, 0.1) is 5.82 Å². The van der Waals surface area contributed by atoms with E-state index >= 15 is 0 Å². The average Bonchev–Trinajstić information content (AvgIpc) is 2.59. The van der Waals surface area contributed by atoms with Crippen LogP contribution in [0.25, 0.3) is 22.4 Å². The van der Waals surface area contributed by atoms with Crippen LogP contribution in [0.5, 0.6) is 5.75 Å². The number of nitrogens with zero attached hydrogens (tertiary/aromatic N) is 3. The number of aromatic hydroxyl groups is 1. The third-order valence-electron chi connectivity index (χ3n) is 3.70. The van der Waals surface area contributed by atoms with E-state index in [1.54, 1.807) is 38.5 Å². The van der Waals surface area contributed by atoms with Crippen LogP contribution >= 0.6 is 0 Å². The van der Waals surface area contributed by atoms with Gasteiger partial charge < -0.3 is 15.0 Å². The topological polar surface area (TPSA) is 80.0 Å². The third kappa shape index (κ3) is 2.83. The number of phenolic OH excluding ortho intramolecular Hbond substituents is 1. The summed E-state index contributed by atoms with van der Waals surface area (Å²) in [5.74, 6) is -0.135. The van der Waals surface area contributed by atoms with Crippen molar-refractivity contribution in [1.82, 2.24) is 14.8 Å². The highest BCUT2D eigenvalue weighted by Crippen LogP contribution is 2.34. The van der Waals surface area contributed by atoms with E-state index in [2.05, 4.69) is 15.5 Å². The van der Waals surface area contributed by atoms with Gasteiger partial charge in [0.25, 0.3) is 5.56 Å². The standard InChI is InChI=1S/C17H15FN4O2/c1-19-16-4-3-14(20-21-16)12-8-13(18)11(9-15(12)23)10-5-6-22(2)17(24)7-10/h3-9,23H,1-2H3,(H,19,21). The SMILES string of the molecule is CNc1ccc(-c2cc(F)c(-c3ccn(C)c(=O)c3)cc2O)nn1. The number of aryl methyl sites for hydroxylation is 1. The summed E-state index contributed by atoms with van der Waals surface area (Å²) in [6, 6.07) is 8.71. The molecule has 0 unspecified atom stereocenters. The molecule has 3 aromatic rings. The number of benzene rings is 1. The molecule has 0 radical (unpaired) electrons. The Morgan fingerprint density at radius 3 is 2.54 bits per heavy atom. The maximum Gasteiger partial charge on any atom is 0.250 e. The Morgan fingerprint density at radius 2 is 1.92 bits per heavy atom. The Hall–Kier alpha value is -3.22. The molecular formula is C17H15FN4O2. The lowest BCUT2D eigenvalue weighted by atomic mass is 10.0. The maximum absolute atomic E-state index is 14.5. The van der Waals surface area contributed by atoms with Crippen LogP contribution in [0.3, 0.4) is 0 Å². The second-order valence-corrected chi connectivity index (χ2v) is 5.27. The minimum Gasteiger partial charge on any atom is -0.507 e. The highest BCUT2D eigenvalue weighted by Gasteiger charge is 2.14. The molecule has 7 heteroatoms. The Balaban J connectivity index is 2.07. The number of phenols is 1. The molecule has 2 heterocycles. The van der Waals surface area contributed by atoms with Gasteiger partial charge in [0, 0.05) is 37.5 Å². The summed E-state index contributed by atoms with van der Waals surface area (Å²) in [6.07, 6.45) is 1.55. The van der Waals surface area contributed by atoms with Crippen LogP contribution in [0.1, 0.15) is 0 Å². The Labute approximate surface area is 137 Å². The fourth-order valence-corrected chi connectivity index (χ4v) is 2.31. The molecule has 0 bridgehead atoms. The largest absolute Gasteiger partial charge is 0.507 e. The van der Waals surface area contributed by atoms with E-state index in [0.717, 1.165) is 0 Å². The number of anilines is 1. The average molecular weight is 326 g/mol. The molecule has 122 valence electrons. The minimum absolute atomic E-state index is 0.140. The van der Waals surface area contributed by atoms with E-state index in [1.165, 1.54) is 22.8 Å². The van der Waals surface area contributed by atoms with Crippen LogP contribution in [0.4, 0.5) is 10.2 Å². The molecule has 0 amide bonds. The highest BCUT2D eigenvalue weighted by atomic mass is 19.1. The van der Waals surface area contributed by atoms with Gasteiger partial charge in [-0.2, -0.15) is 0 Å². The van der Waals surface area contributed by atoms with Crippen molar-refractivity contribution in [3.63, 3.8) is 0 Å². The van der Waals surface area contributed by atoms with Gasteiger partial charge in [0.1, 0.15) is 17.4 Å². The van der Waals surface area contributed by atoms with E-state index in [0.29, 0.717) is 17.1 Å². The van der Waals surface area contributed by atoms with E-state index < -0.39 is 5.82 Å². The van der Waals surface area contributed by atoms with Gasteiger partial charge in [-0.25, -0.2) is 4.39 Å². The van der Waals surface area contributed by atoms with E-state index in [9.17, 15) is 14.3 Å². The van der Waals surface area contributed by atoms with Gasteiger partial charge in [-0.1, -0.05) is 0 Å². The lowest BCUT2D eigenvalue weighted by molar-refractivity contribution is 0.475. The lowest BCUT2D eigenvalue weighted by Crippen LogP contribution is -2.14. The zero-order valence-electron chi connectivity index (χ0n) is 13.1. The molecule has 0 aliphatic carbocycles. The molecule has 3 rings (SSSR count). The van der Waals surface area contributed by atoms with Crippen molar-refractivity contribution in [2.75, 3.05) is 12.4 Å². The smallest absolute Gasteiger partial charge is 0.250 e.